The van der Waals surface area contributed by atoms with Crippen LogP contribution in [0.5, 0.6) is 0 Å². The van der Waals surface area contributed by atoms with E-state index in [1.807, 2.05) is 49.0 Å². The SMILES string of the molecule is Cc1nn(C)c(C)c1CCNC(=O)c1cc(N2CCOCC2)nc2ccccc12. The number of hydrogen-bond acceptors (Lipinski definition) is 5. The first-order valence-corrected chi connectivity index (χ1v) is 10.0. The standard InChI is InChI=1S/C22H27N5O2/c1-15-17(16(2)26(3)25-15)8-9-23-22(28)19-14-21(27-10-12-29-13-11-27)24-20-7-5-4-6-18(19)20/h4-7,14H,8-13H2,1-3H3,(H,23,28). The zero-order chi connectivity index (χ0) is 20.4. The molecule has 0 saturated carbocycles. The predicted octanol–water partition coefficient (Wildman–Crippen LogP) is 2.39. The van der Waals surface area contributed by atoms with Crippen molar-refractivity contribution >= 4 is 22.6 Å². The Morgan fingerprint density at radius 1 is 1.21 bits per heavy atom. The Bertz CT molecular complexity index is 1040. The van der Waals surface area contributed by atoms with Gasteiger partial charge in [-0.05, 0) is 38.0 Å². The number of fused-ring (bicyclic) bond motifs is 1. The lowest BCUT2D eigenvalue weighted by Crippen LogP contribution is -2.37. The highest BCUT2D eigenvalue weighted by atomic mass is 16.5. The lowest BCUT2D eigenvalue weighted by molar-refractivity contribution is 0.0955. The number of nitrogens with zero attached hydrogens (tertiary/aromatic N) is 4. The number of benzene rings is 1. The Morgan fingerprint density at radius 3 is 2.69 bits per heavy atom. The molecule has 1 saturated heterocycles. The van der Waals surface area contributed by atoms with Gasteiger partial charge in [0.25, 0.3) is 5.91 Å². The van der Waals surface area contributed by atoms with Crippen LogP contribution in [0.4, 0.5) is 5.82 Å². The number of para-hydroxylation sites is 1. The average molecular weight is 393 g/mol. The van der Waals surface area contributed by atoms with E-state index in [0.29, 0.717) is 25.3 Å². The fourth-order valence-electron chi connectivity index (χ4n) is 3.88. The molecule has 29 heavy (non-hydrogen) atoms. The monoisotopic (exact) mass is 393 g/mol. The minimum absolute atomic E-state index is 0.0719. The highest BCUT2D eigenvalue weighted by molar-refractivity contribution is 6.07. The van der Waals surface area contributed by atoms with Crippen molar-refractivity contribution < 1.29 is 9.53 Å². The quantitative estimate of drug-likeness (QED) is 0.721. The van der Waals surface area contributed by atoms with E-state index in [0.717, 1.165) is 47.6 Å². The number of aryl methyl sites for hydroxylation is 2. The Kier molecular flexibility index (Phi) is 5.49. The number of morpholine rings is 1. The van der Waals surface area contributed by atoms with Crippen LogP contribution in [0, 0.1) is 13.8 Å². The van der Waals surface area contributed by atoms with Crippen LogP contribution >= 0.6 is 0 Å². The van der Waals surface area contributed by atoms with E-state index >= 15 is 0 Å². The highest BCUT2D eigenvalue weighted by Crippen LogP contribution is 2.24. The molecule has 0 unspecified atom stereocenters. The summed E-state index contributed by atoms with van der Waals surface area (Å²) in [7, 11) is 1.95. The van der Waals surface area contributed by atoms with E-state index in [1.165, 1.54) is 5.56 Å². The second-order valence-electron chi connectivity index (χ2n) is 7.42. The van der Waals surface area contributed by atoms with Crippen LogP contribution in [0.3, 0.4) is 0 Å². The molecule has 0 aliphatic carbocycles. The summed E-state index contributed by atoms with van der Waals surface area (Å²) in [6.07, 6.45) is 0.760. The van der Waals surface area contributed by atoms with Crippen LogP contribution in [0.2, 0.25) is 0 Å². The van der Waals surface area contributed by atoms with Crippen molar-refractivity contribution in [2.75, 3.05) is 37.7 Å². The van der Waals surface area contributed by atoms with Crippen LogP contribution in [0.25, 0.3) is 10.9 Å². The second kappa shape index (κ2) is 8.21. The number of carbonyl (C=O) groups excluding carboxylic acids is 1. The molecule has 1 fully saturated rings. The third kappa shape index (κ3) is 3.96. The largest absolute Gasteiger partial charge is 0.378 e. The molecule has 1 aromatic carbocycles. The molecule has 0 atom stereocenters. The molecule has 2 aromatic heterocycles. The van der Waals surface area contributed by atoms with Gasteiger partial charge < -0.3 is 15.0 Å². The third-order valence-electron chi connectivity index (χ3n) is 5.60. The van der Waals surface area contributed by atoms with Crippen LogP contribution in [-0.2, 0) is 18.2 Å². The van der Waals surface area contributed by atoms with Crippen molar-refractivity contribution in [3.05, 3.63) is 52.8 Å². The van der Waals surface area contributed by atoms with E-state index in [-0.39, 0.29) is 5.91 Å². The van der Waals surface area contributed by atoms with Gasteiger partial charge in [-0.3, -0.25) is 9.48 Å². The first-order valence-electron chi connectivity index (χ1n) is 10.0. The van der Waals surface area contributed by atoms with E-state index in [4.69, 9.17) is 9.72 Å². The first-order chi connectivity index (χ1) is 14.0. The predicted molar refractivity (Wildman–Crippen MR) is 113 cm³/mol. The topological polar surface area (TPSA) is 72.3 Å². The summed E-state index contributed by atoms with van der Waals surface area (Å²) >= 11 is 0. The van der Waals surface area contributed by atoms with Gasteiger partial charge in [-0.15, -0.1) is 0 Å². The van der Waals surface area contributed by atoms with Crippen molar-refractivity contribution in [3.63, 3.8) is 0 Å². The first kappa shape index (κ1) is 19.4. The average Bonchev–Trinajstić information content (AvgIpc) is 2.99. The molecule has 0 spiro atoms. The molecule has 0 radical (unpaired) electrons. The molecular weight excluding hydrogens is 366 g/mol. The van der Waals surface area contributed by atoms with Gasteiger partial charge in [0.15, 0.2) is 0 Å². The lowest BCUT2D eigenvalue weighted by Gasteiger charge is -2.28. The summed E-state index contributed by atoms with van der Waals surface area (Å²) in [6, 6.07) is 9.71. The molecule has 3 heterocycles. The molecule has 4 rings (SSSR count). The van der Waals surface area contributed by atoms with Crippen LogP contribution in [-0.4, -0.2) is 53.5 Å². The third-order valence-corrected chi connectivity index (χ3v) is 5.60. The molecule has 0 bridgehead atoms. The maximum Gasteiger partial charge on any atom is 0.252 e. The van der Waals surface area contributed by atoms with Crippen molar-refractivity contribution in [2.45, 2.75) is 20.3 Å². The van der Waals surface area contributed by atoms with E-state index in [9.17, 15) is 4.79 Å². The Hall–Kier alpha value is -2.93. The number of ether oxygens (including phenoxy) is 1. The summed E-state index contributed by atoms with van der Waals surface area (Å²) in [6.45, 7) is 7.56. The smallest absolute Gasteiger partial charge is 0.252 e. The molecule has 1 aliphatic heterocycles. The number of aromatic nitrogens is 3. The fraction of sp³-hybridized carbons (Fsp3) is 0.409. The van der Waals surface area contributed by atoms with Gasteiger partial charge in [0.1, 0.15) is 5.82 Å². The Balaban J connectivity index is 1.56. The number of anilines is 1. The van der Waals surface area contributed by atoms with Crippen LogP contribution in [0.15, 0.2) is 30.3 Å². The van der Waals surface area contributed by atoms with Gasteiger partial charge in [0.2, 0.25) is 0 Å². The van der Waals surface area contributed by atoms with Crippen LogP contribution in [0.1, 0.15) is 27.3 Å². The van der Waals surface area contributed by atoms with Crippen molar-refractivity contribution in [1.29, 1.82) is 0 Å². The number of pyridine rings is 1. The van der Waals surface area contributed by atoms with Gasteiger partial charge in [0, 0.05) is 37.8 Å². The van der Waals surface area contributed by atoms with Gasteiger partial charge >= 0.3 is 0 Å². The lowest BCUT2D eigenvalue weighted by atomic mass is 10.1. The normalized spacial score (nSPS) is 14.4. The zero-order valence-electron chi connectivity index (χ0n) is 17.2. The minimum Gasteiger partial charge on any atom is -0.378 e. The maximum atomic E-state index is 13.1. The van der Waals surface area contributed by atoms with E-state index in [2.05, 4.69) is 22.2 Å². The van der Waals surface area contributed by atoms with Crippen LogP contribution < -0.4 is 10.2 Å². The zero-order valence-corrected chi connectivity index (χ0v) is 17.2. The molecule has 1 amide bonds. The highest BCUT2D eigenvalue weighted by Gasteiger charge is 2.18. The number of carbonyl (C=O) groups is 1. The fourth-order valence-corrected chi connectivity index (χ4v) is 3.88. The van der Waals surface area contributed by atoms with Gasteiger partial charge in [0.05, 0.1) is 30.0 Å². The minimum atomic E-state index is -0.0719. The summed E-state index contributed by atoms with van der Waals surface area (Å²) < 4.78 is 7.33. The molecule has 7 nitrogen and oxygen atoms in total. The van der Waals surface area contributed by atoms with Gasteiger partial charge in [-0.2, -0.15) is 5.10 Å². The molecule has 152 valence electrons. The molecule has 7 heteroatoms. The summed E-state index contributed by atoms with van der Waals surface area (Å²) in [5.74, 6) is 0.758. The molecule has 3 aromatic rings. The van der Waals surface area contributed by atoms with Crippen molar-refractivity contribution in [1.82, 2.24) is 20.1 Å². The van der Waals surface area contributed by atoms with Gasteiger partial charge in [-0.25, -0.2) is 4.98 Å². The summed E-state index contributed by atoms with van der Waals surface area (Å²) in [4.78, 5) is 20.0. The summed E-state index contributed by atoms with van der Waals surface area (Å²) in [5.41, 5.74) is 4.85. The van der Waals surface area contributed by atoms with Crippen molar-refractivity contribution in [3.8, 4) is 0 Å². The van der Waals surface area contributed by atoms with E-state index in [1.54, 1.807) is 0 Å². The molecular formula is C22H27N5O2. The summed E-state index contributed by atoms with van der Waals surface area (Å²) in [5, 5.41) is 8.41. The van der Waals surface area contributed by atoms with Gasteiger partial charge in [-0.1, -0.05) is 18.2 Å². The van der Waals surface area contributed by atoms with Crippen molar-refractivity contribution in [2.24, 2.45) is 7.05 Å². The number of hydrogen-bond donors (Lipinski definition) is 1. The second-order valence-corrected chi connectivity index (χ2v) is 7.42. The molecule has 1 aliphatic rings. The number of rotatable bonds is 5. The Labute approximate surface area is 170 Å². The Morgan fingerprint density at radius 2 is 1.97 bits per heavy atom. The molecule has 1 N–H and O–H groups in total. The maximum absolute atomic E-state index is 13.1. The number of amides is 1. The van der Waals surface area contributed by atoms with E-state index < -0.39 is 0 Å². The number of nitrogens with one attached hydrogen (secondary N) is 1.